The van der Waals surface area contributed by atoms with Gasteiger partial charge in [-0.3, -0.25) is 4.79 Å². The Labute approximate surface area is 159 Å². The van der Waals surface area contributed by atoms with Crippen LogP contribution < -0.4 is 10.2 Å². The van der Waals surface area contributed by atoms with Crippen molar-refractivity contribution in [3.05, 3.63) is 45.7 Å². The number of aryl methyl sites for hydroxylation is 2. The van der Waals surface area contributed by atoms with Gasteiger partial charge < -0.3 is 4.74 Å². The molecule has 25 heavy (non-hydrogen) atoms. The van der Waals surface area contributed by atoms with Crippen molar-refractivity contribution in [1.29, 1.82) is 0 Å². The van der Waals surface area contributed by atoms with Crippen molar-refractivity contribution >= 4 is 39.8 Å². The zero-order chi connectivity index (χ0) is 18.4. The Morgan fingerprint density at radius 2 is 2.00 bits per heavy atom. The number of amides is 1. The summed E-state index contributed by atoms with van der Waals surface area (Å²) in [5, 5.41) is 4.22. The zero-order valence-electron chi connectivity index (χ0n) is 14.4. The van der Waals surface area contributed by atoms with E-state index < -0.39 is 0 Å². The number of hydrazone groups is 1. The number of nitrogens with one attached hydrogen (secondary N) is 1. The van der Waals surface area contributed by atoms with Crippen molar-refractivity contribution in [2.45, 2.75) is 31.2 Å². The third-order valence-electron chi connectivity index (χ3n) is 3.18. The summed E-state index contributed by atoms with van der Waals surface area (Å²) in [6, 6.07) is 7.45. The minimum atomic E-state index is -0.372. The van der Waals surface area contributed by atoms with Crippen LogP contribution in [0.4, 0.5) is 0 Å². The molecule has 1 aromatic heterocycles. The summed E-state index contributed by atoms with van der Waals surface area (Å²) in [7, 11) is 1.59. The largest absolute Gasteiger partial charge is 0.496 e. The number of thioether (sulfide) groups is 1. The lowest BCUT2D eigenvalue weighted by Gasteiger charge is -2.09. The van der Waals surface area contributed by atoms with Crippen LogP contribution in [-0.4, -0.2) is 34.4 Å². The Morgan fingerprint density at radius 3 is 2.64 bits per heavy atom. The molecule has 1 atom stereocenters. The van der Waals surface area contributed by atoms with Gasteiger partial charge in [-0.2, -0.15) is 5.10 Å². The first kappa shape index (κ1) is 19.4. The summed E-state index contributed by atoms with van der Waals surface area (Å²) in [5.74, 6) is 0.449. The second-order valence-electron chi connectivity index (χ2n) is 5.31. The Morgan fingerprint density at radius 1 is 1.32 bits per heavy atom. The molecule has 1 unspecified atom stereocenters. The fourth-order valence-corrected chi connectivity index (χ4v) is 3.27. The average molecular weight is 423 g/mol. The van der Waals surface area contributed by atoms with Crippen molar-refractivity contribution < 1.29 is 9.53 Å². The SMILES string of the molecule is COc1ccc(Br)cc1/C=N/NC(=O)C(C)Sc1nc(C)cc(C)n1. The Kier molecular flexibility index (Phi) is 6.95. The van der Waals surface area contributed by atoms with E-state index in [1.165, 1.54) is 11.8 Å². The van der Waals surface area contributed by atoms with Crippen molar-refractivity contribution in [3.63, 3.8) is 0 Å². The summed E-state index contributed by atoms with van der Waals surface area (Å²) in [5.41, 5.74) is 5.05. The molecule has 132 valence electrons. The minimum Gasteiger partial charge on any atom is -0.496 e. The number of nitrogens with zero attached hydrogens (tertiary/aromatic N) is 3. The number of carbonyl (C=O) groups excluding carboxylic acids is 1. The fraction of sp³-hybridized carbons (Fsp3) is 0.294. The van der Waals surface area contributed by atoms with E-state index in [4.69, 9.17) is 4.74 Å². The maximum atomic E-state index is 12.2. The van der Waals surface area contributed by atoms with E-state index in [-0.39, 0.29) is 11.2 Å². The highest BCUT2D eigenvalue weighted by molar-refractivity contribution is 9.10. The number of hydrogen-bond donors (Lipinski definition) is 1. The van der Waals surface area contributed by atoms with Crippen molar-refractivity contribution in [2.75, 3.05) is 7.11 Å². The number of ether oxygens (including phenoxy) is 1. The van der Waals surface area contributed by atoms with Crippen molar-refractivity contribution in [3.8, 4) is 5.75 Å². The molecule has 0 fully saturated rings. The Hall–Kier alpha value is -1.93. The lowest BCUT2D eigenvalue weighted by atomic mass is 10.2. The van der Waals surface area contributed by atoms with E-state index in [1.54, 1.807) is 20.2 Å². The number of rotatable bonds is 6. The molecule has 2 aromatic rings. The van der Waals surface area contributed by atoms with Gasteiger partial charge in [0.05, 0.1) is 18.6 Å². The molecule has 1 heterocycles. The predicted molar refractivity (Wildman–Crippen MR) is 103 cm³/mol. The fourth-order valence-electron chi connectivity index (χ4n) is 2.02. The van der Waals surface area contributed by atoms with Gasteiger partial charge in [-0.15, -0.1) is 0 Å². The molecule has 1 N–H and O–H groups in total. The monoisotopic (exact) mass is 422 g/mol. The smallest absolute Gasteiger partial charge is 0.253 e. The van der Waals surface area contributed by atoms with E-state index in [1.807, 2.05) is 38.1 Å². The third-order valence-corrected chi connectivity index (χ3v) is 4.64. The molecule has 1 amide bonds. The lowest BCUT2D eigenvalue weighted by Crippen LogP contribution is -2.27. The molecule has 0 saturated heterocycles. The zero-order valence-corrected chi connectivity index (χ0v) is 16.8. The number of carbonyl (C=O) groups is 1. The molecule has 8 heteroatoms. The van der Waals surface area contributed by atoms with Crippen LogP contribution in [0.5, 0.6) is 5.75 Å². The van der Waals surface area contributed by atoms with E-state index in [0.29, 0.717) is 10.9 Å². The van der Waals surface area contributed by atoms with Crippen LogP contribution in [0.1, 0.15) is 23.9 Å². The van der Waals surface area contributed by atoms with Gasteiger partial charge in [0.25, 0.3) is 5.91 Å². The average Bonchev–Trinajstić information content (AvgIpc) is 2.54. The number of halogens is 1. The van der Waals surface area contributed by atoms with Crippen LogP contribution in [0.15, 0.2) is 39.0 Å². The van der Waals surface area contributed by atoms with Crippen molar-refractivity contribution in [1.82, 2.24) is 15.4 Å². The quantitative estimate of drug-likeness (QED) is 0.333. The maximum Gasteiger partial charge on any atom is 0.253 e. The van der Waals surface area contributed by atoms with E-state index >= 15 is 0 Å². The first-order valence-electron chi connectivity index (χ1n) is 7.54. The molecule has 6 nitrogen and oxygen atoms in total. The van der Waals surface area contributed by atoms with Crippen LogP contribution in [0, 0.1) is 13.8 Å². The molecule has 0 spiro atoms. The predicted octanol–water partition coefficient (Wildman–Crippen LogP) is 3.50. The number of aromatic nitrogens is 2. The molecule has 2 rings (SSSR count). The van der Waals surface area contributed by atoms with Gasteiger partial charge in [0.1, 0.15) is 5.75 Å². The van der Waals surface area contributed by atoms with Gasteiger partial charge in [0, 0.05) is 21.4 Å². The standard InChI is InChI=1S/C17H19BrN4O2S/c1-10-7-11(2)21-17(20-10)25-12(3)16(23)22-19-9-13-8-14(18)5-6-15(13)24-4/h5-9,12H,1-4H3,(H,22,23)/b19-9+. The summed E-state index contributed by atoms with van der Waals surface area (Å²) >= 11 is 4.69. The van der Waals surface area contributed by atoms with E-state index in [9.17, 15) is 4.79 Å². The number of benzene rings is 1. The molecular formula is C17H19BrN4O2S. The first-order valence-corrected chi connectivity index (χ1v) is 9.21. The van der Waals surface area contributed by atoms with Gasteiger partial charge in [0.15, 0.2) is 5.16 Å². The lowest BCUT2D eigenvalue weighted by molar-refractivity contribution is -0.120. The highest BCUT2D eigenvalue weighted by atomic mass is 79.9. The van der Waals surface area contributed by atoms with Gasteiger partial charge in [0.2, 0.25) is 0 Å². The van der Waals surface area contributed by atoms with Gasteiger partial charge in [-0.1, -0.05) is 27.7 Å². The van der Waals surface area contributed by atoms with E-state index in [2.05, 4.69) is 36.4 Å². The summed E-state index contributed by atoms with van der Waals surface area (Å²) in [6.45, 7) is 5.59. The van der Waals surface area contributed by atoms with Crippen LogP contribution in [-0.2, 0) is 4.79 Å². The molecule has 0 aliphatic rings. The molecular weight excluding hydrogens is 404 g/mol. The molecule has 0 saturated carbocycles. The molecule has 0 aliphatic heterocycles. The topological polar surface area (TPSA) is 76.5 Å². The number of methoxy groups -OCH3 is 1. The van der Waals surface area contributed by atoms with E-state index in [0.717, 1.165) is 21.4 Å². The highest BCUT2D eigenvalue weighted by Gasteiger charge is 2.16. The van der Waals surface area contributed by atoms with Crippen LogP contribution >= 0.6 is 27.7 Å². The van der Waals surface area contributed by atoms with Gasteiger partial charge >= 0.3 is 0 Å². The Bertz CT molecular complexity index is 778. The van der Waals surface area contributed by atoms with Crippen LogP contribution in [0.3, 0.4) is 0 Å². The molecule has 0 aliphatic carbocycles. The van der Waals surface area contributed by atoms with Crippen molar-refractivity contribution in [2.24, 2.45) is 5.10 Å². The normalized spacial score (nSPS) is 12.2. The van der Waals surface area contributed by atoms with Gasteiger partial charge in [-0.05, 0) is 45.0 Å². The van der Waals surface area contributed by atoms with Gasteiger partial charge in [-0.25, -0.2) is 15.4 Å². The molecule has 0 radical (unpaired) electrons. The third kappa shape index (κ3) is 5.82. The maximum absolute atomic E-state index is 12.2. The highest BCUT2D eigenvalue weighted by Crippen LogP contribution is 2.22. The van der Waals surface area contributed by atoms with Crippen LogP contribution in [0.25, 0.3) is 0 Å². The second kappa shape index (κ2) is 8.96. The summed E-state index contributed by atoms with van der Waals surface area (Å²) in [6.07, 6.45) is 1.55. The minimum absolute atomic E-state index is 0.224. The summed E-state index contributed by atoms with van der Waals surface area (Å²) < 4.78 is 6.16. The second-order valence-corrected chi connectivity index (χ2v) is 7.54. The molecule has 0 bridgehead atoms. The first-order chi connectivity index (χ1) is 11.9. The molecule has 1 aromatic carbocycles. The van der Waals surface area contributed by atoms with Crippen LogP contribution in [0.2, 0.25) is 0 Å². The summed E-state index contributed by atoms with van der Waals surface area (Å²) in [4.78, 5) is 20.8. The number of hydrogen-bond acceptors (Lipinski definition) is 6. The Balaban J connectivity index is 1.98.